The van der Waals surface area contributed by atoms with Crippen LogP contribution in [0.25, 0.3) is 0 Å². The zero-order chi connectivity index (χ0) is 13.2. The van der Waals surface area contributed by atoms with Crippen LogP contribution in [0.5, 0.6) is 0 Å². The van der Waals surface area contributed by atoms with Gasteiger partial charge < -0.3 is 5.32 Å². The van der Waals surface area contributed by atoms with Gasteiger partial charge in [-0.05, 0) is 53.2 Å². The fourth-order valence-corrected chi connectivity index (χ4v) is 3.68. The maximum atomic E-state index is 6.23. The van der Waals surface area contributed by atoms with E-state index in [1.165, 1.54) is 12.8 Å². The molecule has 1 saturated carbocycles. The number of nitrogens with zero attached hydrogens (tertiary/aromatic N) is 1. The number of rotatable bonds is 3. The van der Waals surface area contributed by atoms with Gasteiger partial charge in [-0.25, -0.2) is 4.98 Å². The van der Waals surface area contributed by atoms with Crippen LogP contribution in [0.1, 0.15) is 38.2 Å². The molecule has 2 atom stereocenters. The quantitative estimate of drug-likeness (QED) is 0.808. The molecule has 0 bridgehead atoms. The maximum absolute atomic E-state index is 6.23. The van der Waals surface area contributed by atoms with Gasteiger partial charge in [0.15, 0.2) is 0 Å². The van der Waals surface area contributed by atoms with E-state index < -0.39 is 0 Å². The second-order valence-corrected chi connectivity index (χ2v) is 6.71. The summed E-state index contributed by atoms with van der Waals surface area (Å²) in [6.45, 7) is 4.35. The molecule has 2 nitrogen and oxygen atoms in total. The van der Waals surface area contributed by atoms with Gasteiger partial charge in [-0.1, -0.05) is 19.8 Å². The highest BCUT2D eigenvalue weighted by atomic mass is 79.9. The third kappa shape index (κ3) is 3.18. The highest BCUT2D eigenvalue weighted by Crippen LogP contribution is 2.37. The van der Waals surface area contributed by atoms with Gasteiger partial charge in [0.25, 0.3) is 0 Å². The van der Waals surface area contributed by atoms with Crippen LogP contribution in [-0.4, -0.2) is 16.4 Å². The summed E-state index contributed by atoms with van der Waals surface area (Å²) in [4.78, 5) is 4.47. The smallest absolute Gasteiger partial charge is 0.140 e. The molecule has 100 valence electrons. The van der Waals surface area contributed by atoms with Crippen LogP contribution in [0.15, 0.2) is 16.7 Å². The Morgan fingerprint density at radius 3 is 3.00 bits per heavy atom. The molecular formula is C14H20BrClN2. The van der Waals surface area contributed by atoms with Crippen molar-refractivity contribution in [1.29, 1.82) is 0 Å². The minimum atomic E-state index is 0.00397. The number of hydrogen-bond acceptors (Lipinski definition) is 2. The minimum absolute atomic E-state index is 0.00397. The summed E-state index contributed by atoms with van der Waals surface area (Å²) < 4.78 is 1.02. The second-order valence-electron chi connectivity index (χ2n) is 5.58. The lowest BCUT2D eigenvalue weighted by atomic mass is 9.77. The summed E-state index contributed by atoms with van der Waals surface area (Å²) in [6, 6.07) is 2.09. The fraction of sp³-hybridized carbons (Fsp3) is 0.643. The van der Waals surface area contributed by atoms with Gasteiger partial charge in [-0.3, -0.25) is 0 Å². The molecule has 0 amide bonds. The molecule has 1 heterocycles. The topological polar surface area (TPSA) is 24.9 Å². The number of aromatic nitrogens is 1. The molecule has 0 saturated heterocycles. The van der Waals surface area contributed by atoms with Crippen molar-refractivity contribution in [2.75, 3.05) is 11.2 Å². The van der Waals surface area contributed by atoms with Gasteiger partial charge in [0, 0.05) is 12.1 Å². The number of aryl methyl sites for hydroxylation is 1. The first-order chi connectivity index (χ1) is 8.54. The van der Waals surface area contributed by atoms with Crippen molar-refractivity contribution in [2.45, 2.75) is 45.1 Å². The standard InChI is InChI=1S/C14H20BrClN2/c1-10-4-3-5-14(7-10,9-16)18-13-12(15)6-11(2)8-17-13/h6,8,10H,3-5,7,9H2,1-2H3,(H,17,18). The van der Waals surface area contributed by atoms with E-state index in [-0.39, 0.29) is 5.54 Å². The van der Waals surface area contributed by atoms with Gasteiger partial charge in [-0.15, -0.1) is 11.6 Å². The SMILES string of the molecule is Cc1cnc(NC2(CCl)CCCC(C)C2)c(Br)c1. The van der Waals surface area contributed by atoms with Crippen LogP contribution in [-0.2, 0) is 0 Å². The Kier molecular flexibility index (Phi) is 4.54. The Morgan fingerprint density at radius 1 is 1.61 bits per heavy atom. The van der Waals surface area contributed by atoms with E-state index in [1.807, 2.05) is 13.1 Å². The lowest BCUT2D eigenvalue weighted by molar-refractivity contribution is 0.279. The van der Waals surface area contributed by atoms with Crippen molar-refractivity contribution >= 4 is 33.3 Å². The Labute approximate surface area is 123 Å². The van der Waals surface area contributed by atoms with Gasteiger partial charge in [0.05, 0.1) is 10.0 Å². The summed E-state index contributed by atoms with van der Waals surface area (Å²) in [7, 11) is 0. The molecule has 0 aliphatic heterocycles. The van der Waals surface area contributed by atoms with E-state index in [1.54, 1.807) is 0 Å². The Hall–Kier alpha value is -0.280. The molecule has 18 heavy (non-hydrogen) atoms. The first kappa shape index (κ1) is 14.1. The molecule has 0 spiro atoms. The maximum Gasteiger partial charge on any atom is 0.140 e. The normalized spacial score (nSPS) is 28.1. The van der Waals surface area contributed by atoms with Crippen molar-refractivity contribution in [2.24, 2.45) is 5.92 Å². The van der Waals surface area contributed by atoms with Gasteiger partial charge in [0.2, 0.25) is 0 Å². The van der Waals surface area contributed by atoms with Crippen molar-refractivity contribution in [3.63, 3.8) is 0 Å². The van der Waals surface area contributed by atoms with Crippen molar-refractivity contribution in [3.05, 3.63) is 22.3 Å². The fourth-order valence-electron chi connectivity index (χ4n) is 2.81. The number of halogens is 2. The minimum Gasteiger partial charge on any atom is -0.362 e. The Morgan fingerprint density at radius 2 is 2.39 bits per heavy atom. The third-order valence-electron chi connectivity index (χ3n) is 3.71. The number of anilines is 1. The van der Waals surface area contributed by atoms with Gasteiger partial charge in [-0.2, -0.15) is 0 Å². The van der Waals surface area contributed by atoms with Crippen molar-refractivity contribution in [1.82, 2.24) is 4.98 Å². The van der Waals surface area contributed by atoms with E-state index in [0.717, 1.165) is 34.6 Å². The summed E-state index contributed by atoms with van der Waals surface area (Å²) in [6.07, 6.45) is 6.69. The molecule has 0 aromatic carbocycles. The van der Waals surface area contributed by atoms with Gasteiger partial charge in [0.1, 0.15) is 5.82 Å². The largest absolute Gasteiger partial charge is 0.362 e. The molecule has 0 radical (unpaired) electrons. The monoisotopic (exact) mass is 330 g/mol. The Bertz CT molecular complexity index is 424. The number of pyridine rings is 1. The first-order valence-electron chi connectivity index (χ1n) is 6.51. The third-order valence-corrected chi connectivity index (χ3v) is 4.82. The average Bonchev–Trinajstić information content (AvgIpc) is 2.33. The van der Waals surface area contributed by atoms with Crippen LogP contribution in [0.3, 0.4) is 0 Å². The van der Waals surface area contributed by atoms with Crippen molar-refractivity contribution < 1.29 is 0 Å². The van der Waals surface area contributed by atoms with Crippen LogP contribution in [0, 0.1) is 12.8 Å². The molecule has 4 heteroatoms. The van der Waals surface area contributed by atoms with E-state index in [0.29, 0.717) is 5.88 Å². The predicted molar refractivity (Wildman–Crippen MR) is 81.4 cm³/mol. The Balaban J connectivity index is 2.19. The molecule has 1 aromatic heterocycles. The zero-order valence-electron chi connectivity index (χ0n) is 11.0. The predicted octanol–water partition coefficient (Wildman–Crippen LogP) is 4.75. The molecular weight excluding hydrogens is 312 g/mol. The number of nitrogens with one attached hydrogen (secondary N) is 1. The van der Waals surface area contributed by atoms with Gasteiger partial charge >= 0.3 is 0 Å². The van der Waals surface area contributed by atoms with E-state index in [2.05, 4.69) is 39.2 Å². The van der Waals surface area contributed by atoms with Crippen LogP contribution < -0.4 is 5.32 Å². The average molecular weight is 332 g/mol. The van der Waals surface area contributed by atoms with Crippen LogP contribution in [0.2, 0.25) is 0 Å². The van der Waals surface area contributed by atoms with E-state index in [9.17, 15) is 0 Å². The molecule has 1 aliphatic rings. The summed E-state index contributed by atoms with van der Waals surface area (Å²) in [5.41, 5.74) is 1.16. The highest BCUT2D eigenvalue weighted by Gasteiger charge is 2.34. The zero-order valence-corrected chi connectivity index (χ0v) is 13.3. The second kappa shape index (κ2) is 5.79. The molecule has 1 aliphatic carbocycles. The van der Waals surface area contributed by atoms with E-state index in [4.69, 9.17) is 11.6 Å². The number of alkyl halides is 1. The molecule has 1 fully saturated rings. The molecule has 2 unspecified atom stereocenters. The lowest BCUT2D eigenvalue weighted by Crippen LogP contribution is -2.44. The molecule has 2 rings (SSSR count). The van der Waals surface area contributed by atoms with Crippen LogP contribution >= 0.6 is 27.5 Å². The summed E-state index contributed by atoms with van der Waals surface area (Å²) in [5, 5.41) is 3.58. The summed E-state index contributed by atoms with van der Waals surface area (Å²) >= 11 is 9.80. The van der Waals surface area contributed by atoms with Crippen LogP contribution in [0.4, 0.5) is 5.82 Å². The molecule has 1 aromatic rings. The first-order valence-corrected chi connectivity index (χ1v) is 7.84. The number of hydrogen-bond donors (Lipinski definition) is 1. The lowest BCUT2D eigenvalue weighted by Gasteiger charge is -2.40. The highest BCUT2D eigenvalue weighted by molar-refractivity contribution is 9.10. The van der Waals surface area contributed by atoms with Crippen molar-refractivity contribution in [3.8, 4) is 0 Å². The van der Waals surface area contributed by atoms with E-state index >= 15 is 0 Å². The summed E-state index contributed by atoms with van der Waals surface area (Å²) in [5.74, 6) is 2.28. The molecule has 1 N–H and O–H groups in total.